The van der Waals surface area contributed by atoms with Crippen molar-refractivity contribution in [3.8, 4) is 17.0 Å². The second kappa shape index (κ2) is 6.23. The van der Waals surface area contributed by atoms with Gasteiger partial charge in [0.25, 0.3) is 0 Å². The van der Waals surface area contributed by atoms with Gasteiger partial charge in [0, 0.05) is 32.1 Å². The molecule has 2 aromatic carbocycles. The van der Waals surface area contributed by atoms with E-state index in [9.17, 15) is 5.11 Å². The number of fused-ring (bicyclic) bond motifs is 1. The molecule has 0 radical (unpaired) electrons. The van der Waals surface area contributed by atoms with Crippen molar-refractivity contribution in [2.24, 2.45) is 0 Å². The molecule has 3 nitrogen and oxygen atoms in total. The van der Waals surface area contributed by atoms with E-state index in [2.05, 4.69) is 16.0 Å². The normalized spacial score (nSPS) is 11.0. The van der Waals surface area contributed by atoms with Gasteiger partial charge in [-0.25, -0.2) is 4.98 Å². The SMILES string of the molecule is Oc1ccc(-c2cc3c(Sc4ccc(Cl)cc4)ccnc3[nH]2)cc1. The number of benzene rings is 2. The maximum Gasteiger partial charge on any atom is 0.138 e. The molecule has 0 unspecified atom stereocenters. The first-order valence-electron chi connectivity index (χ1n) is 7.39. The van der Waals surface area contributed by atoms with Crippen molar-refractivity contribution in [2.45, 2.75) is 9.79 Å². The Bertz CT molecular complexity index is 994. The minimum Gasteiger partial charge on any atom is -0.508 e. The Balaban J connectivity index is 1.74. The van der Waals surface area contributed by atoms with E-state index in [-0.39, 0.29) is 5.75 Å². The van der Waals surface area contributed by atoms with Crippen LogP contribution in [0.5, 0.6) is 5.75 Å². The molecule has 0 bridgehead atoms. The van der Waals surface area contributed by atoms with Gasteiger partial charge in [0.15, 0.2) is 0 Å². The van der Waals surface area contributed by atoms with Gasteiger partial charge >= 0.3 is 0 Å². The molecule has 0 saturated heterocycles. The zero-order valence-electron chi connectivity index (χ0n) is 12.5. The van der Waals surface area contributed by atoms with E-state index in [4.69, 9.17) is 11.6 Å². The number of nitrogens with zero attached hydrogens (tertiary/aromatic N) is 1. The molecular formula is C19H13ClN2OS. The Kier molecular flexibility index (Phi) is 3.92. The van der Waals surface area contributed by atoms with Gasteiger partial charge in [0.1, 0.15) is 11.4 Å². The lowest BCUT2D eigenvalue weighted by atomic mass is 10.1. The zero-order valence-corrected chi connectivity index (χ0v) is 14.1. The lowest BCUT2D eigenvalue weighted by molar-refractivity contribution is 0.475. The van der Waals surface area contributed by atoms with Gasteiger partial charge in [0.05, 0.1) is 0 Å². The number of phenols is 1. The summed E-state index contributed by atoms with van der Waals surface area (Å²) in [4.78, 5) is 10.0. The predicted molar refractivity (Wildman–Crippen MR) is 98.8 cm³/mol. The first kappa shape index (κ1) is 15.1. The van der Waals surface area contributed by atoms with Crippen LogP contribution in [0, 0.1) is 0 Å². The first-order valence-corrected chi connectivity index (χ1v) is 8.59. The molecule has 0 fully saturated rings. The van der Waals surface area contributed by atoms with E-state index in [0.717, 1.165) is 37.1 Å². The predicted octanol–water partition coefficient (Wildman–Crippen LogP) is 5.74. The minimum absolute atomic E-state index is 0.256. The van der Waals surface area contributed by atoms with Gasteiger partial charge in [0.2, 0.25) is 0 Å². The van der Waals surface area contributed by atoms with Crippen LogP contribution < -0.4 is 0 Å². The Morgan fingerprint density at radius 2 is 1.71 bits per heavy atom. The molecule has 2 heterocycles. The van der Waals surface area contributed by atoms with Gasteiger partial charge in [-0.1, -0.05) is 23.4 Å². The average Bonchev–Trinajstić information content (AvgIpc) is 3.03. The van der Waals surface area contributed by atoms with Crippen LogP contribution in [0.3, 0.4) is 0 Å². The number of halogens is 1. The highest BCUT2D eigenvalue weighted by Crippen LogP contribution is 2.35. The molecule has 0 aliphatic heterocycles. The summed E-state index contributed by atoms with van der Waals surface area (Å²) in [6, 6.07) is 19.0. The monoisotopic (exact) mass is 352 g/mol. The average molecular weight is 353 g/mol. The number of phenolic OH excluding ortho intramolecular Hbond substituents is 1. The number of pyridine rings is 1. The Morgan fingerprint density at radius 3 is 2.46 bits per heavy atom. The molecule has 5 heteroatoms. The highest BCUT2D eigenvalue weighted by molar-refractivity contribution is 7.99. The molecular weight excluding hydrogens is 340 g/mol. The summed E-state index contributed by atoms with van der Waals surface area (Å²) in [6.45, 7) is 0. The highest BCUT2D eigenvalue weighted by atomic mass is 35.5. The fourth-order valence-electron chi connectivity index (χ4n) is 2.52. The molecule has 0 saturated carbocycles. The Hall–Kier alpha value is -2.43. The topological polar surface area (TPSA) is 48.9 Å². The van der Waals surface area contributed by atoms with Gasteiger partial charge in [-0.3, -0.25) is 0 Å². The highest BCUT2D eigenvalue weighted by Gasteiger charge is 2.09. The van der Waals surface area contributed by atoms with Crippen molar-refractivity contribution in [3.05, 3.63) is 71.9 Å². The summed E-state index contributed by atoms with van der Waals surface area (Å²) < 4.78 is 0. The number of nitrogens with one attached hydrogen (secondary N) is 1. The van der Waals surface area contributed by atoms with Crippen LogP contribution in [0.1, 0.15) is 0 Å². The number of aromatic amines is 1. The molecule has 2 aromatic heterocycles. The first-order chi connectivity index (χ1) is 11.7. The van der Waals surface area contributed by atoms with Crippen LogP contribution in [-0.4, -0.2) is 15.1 Å². The molecule has 0 aliphatic rings. The van der Waals surface area contributed by atoms with Crippen molar-refractivity contribution >= 4 is 34.4 Å². The Morgan fingerprint density at radius 1 is 0.958 bits per heavy atom. The van der Waals surface area contributed by atoms with E-state index in [1.807, 2.05) is 42.5 Å². The van der Waals surface area contributed by atoms with Crippen molar-refractivity contribution in [1.82, 2.24) is 9.97 Å². The lowest BCUT2D eigenvalue weighted by Gasteiger charge is -2.02. The van der Waals surface area contributed by atoms with Crippen molar-refractivity contribution in [2.75, 3.05) is 0 Å². The van der Waals surface area contributed by atoms with Crippen LogP contribution in [0.2, 0.25) is 5.02 Å². The van der Waals surface area contributed by atoms with E-state index in [0.29, 0.717) is 0 Å². The summed E-state index contributed by atoms with van der Waals surface area (Å²) in [6.07, 6.45) is 1.80. The molecule has 0 amide bonds. The minimum atomic E-state index is 0.256. The van der Waals surface area contributed by atoms with E-state index in [1.54, 1.807) is 30.1 Å². The Labute approximate surface area is 148 Å². The van der Waals surface area contributed by atoms with Gasteiger partial charge in [-0.2, -0.15) is 0 Å². The number of hydrogen-bond acceptors (Lipinski definition) is 3. The molecule has 4 aromatic rings. The second-order valence-corrected chi connectivity index (χ2v) is 6.91. The van der Waals surface area contributed by atoms with E-state index < -0.39 is 0 Å². The molecule has 0 aliphatic carbocycles. The standard InChI is InChI=1S/C19H13ClN2OS/c20-13-3-7-15(8-4-13)24-18-9-10-21-19-16(18)11-17(22-19)12-1-5-14(23)6-2-12/h1-11,23H,(H,21,22). The third-order valence-electron chi connectivity index (χ3n) is 3.71. The third-order valence-corrected chi connectivity index (χ3v) is 5.05. The van der Waals surface area contributed by atoms with Crippen LogP contribution in [0.25, 0.3) is 22.3 Å². The van der Waals surface area contributed by atoms with Crippen molar-refractivity contribution in [3.63, 3.8) is 0 Å². The number of aromatic nitrogens is 2. The zero-order chi connectivity index (χ0) is 16.5. The molecule has 0 spiro atoms. The number of rotatable bonds is 3. The largest absolute Gasteiger partial charge is 0.508 e. The number of aromatic hydroxyl groups is 1. The van der Waals surface area contributed by atoms with Crippen LogP contribution in [0.4, 0.5) is 0 Å². The van der Waals surface area contributed by atoms with Crippen LogP contribution in [0.15, 0.2) is 76.7 Å². The molecule has 118 valence electrons. The van der Waals surface area contributed by atoms with Gasteiger partial charge in [-0.05, 0) is 66.2 Å². The molecule has 0 atom stereocenters. The summed E-state index contributed by atoms with van der Waals surface area (Å²) in [5.41, 5.74) is 2.83. The second-order valence-electron chi connectivity index (χ2n) is 5.36. The van der Waals surface area contributed by atoms with E-state index in [1.165, 1.54) is 0 Å². The number of hydrogen-bond donors (Lipinski definition) is 2. The fourth-order valence-corrected chi connectivity index (χ4v) is 3.56. The molecule has 24 heavy (non-hydrogen) atoms. The van der Waals surface area contributed by atoms with Gasteiger partial charge < -0.3 is 10.1 Å². The quantitative estimate of drug-likeness (QED) is 0.494. The number of H-pyrrole nitrogens is 1. The summed E-state index contributed by atoms with van der Waals surface area (Å²) in [5.74, 6) is 0.256. The van der Waals surface area contributed by atoms with Crippen molar-refractivity contribution < 1.29 is 5.11 Å². The fraction of sp³-hybridized carbons (Fsp3) is 0. The molecule has 2 N–H and O–H groups in total. The summed E-state index contributed by atoms with van der Waals surface area (Å²) >= 11 is 7.63. The summed E-state index contributed by atoms with van der Waals surface area (Å²) in [5, 5.41) is 11.2. The smallest absolute Gasteiger partial charge is 0.138 e. The maximum absolute atomic E-state index is 9.44. The van der Waals surface area contributed by atoms with Crippen LogP contribution >= 0.6 is 23.4 Å². The van der Waals surface area contributed by atoms with Crippen molar-refractivity contribution in [1.29, 1.82) is 0 Å². The third kappa shape index (κ3) is 2.98. The van der Waals surface area contributed by atoms with Crippen LogP contribution in [-0.2, 0) is 0 Å². The van der Waals surface area contributed by atoms with Gasteiger partial charge in [-0.15, -0.1) is 0 Å². The molecule has 4 rings (SSSR count). The maximum atomic E-state index is 9.44. The lowest BCUT2D eigenvalue weighted by Crippen LogP contribution is -1.79. The van der Waals surface area contributed by atoms with E-state index >= 15 is 0 Å². The summed E-state index contributed by atoms with van der Waals surface area (Å²) in [7, 11) is 0.